The summed E-state index contributed by atoms with van der Waals surface area (Å²) in [6.45, 7) is 3.67. The van der Waals surface area contributed by atoms with Crippen molar-refractivity contribution in [1.29, 1.82) is 0 Å². The lowest BCUT2D eigenvalue weighted by atomic mass is 10.2. The Morgan fingerprint density at radius 2 is 1.38 bits per heavy atom. The second-order valence-corrected chi connectivity index (χ2v) is 11.5. The first-order chi connectivity index (χ1) is 15.8. The number of carbonyl (C=O) groups is 2. The van der Waals surface area contributed by atoms with Crippen LogP contribution in [-0.4, -0.2) is 77.8 Å². The molecule has 0 unspecified atom stereocenters. The zero-order valence-electron chi connectivity index (χ0n) is 19.8. The molecule has 0 aliphatic rings. The van der Waals surface area contributed by atoms with Crippen LogP contribution in [0.25, 0.3) is 0 Å². The van der Waals surface area contributed by atoms with Crippen LogP contribution in [0.15, 0.2) is 53.4 Å². The number of hydrogen-bond acceptors (Lipinski definition) is 6. The lowest BCUT2D eigenvalue weighted by Gasteiger charge is -2.22. The molecule has 0 aliphatic carbocycles. The summed E-state index contributed by atoms with van der Waals surface area (Å²) in [5.41, 5.74) is 0.934. The van der Waals surface area contributed by atoms with Gasteiger partial charge in [-0.25, -0.2) is 16.8 Å². The van der Waals surface area contributed by atoms with Gasteiger partial charge in [-0.15, -0.1) is 0 Å². The van der Waals surface area contributed by atoms with E-state index in [1.807, 2.05) is 0 Å². The van der Waals surface area contributed by atoms with Crippen LogP contribution in [-0.2, 0) is 24.8 Å². The van der Waals surface area contributed by atoms with E-state index in [1.165, 1.54) is 57.7 Å². The number of nitrogens with one attached hydrogen (secondary N) is 1. The molecule has 0 saturated carbocycles. The van der Waals surface area contributed by atoms with Crippen molar-refractivity contribution in [2.45, 2.75) is 18.7 Å². The van der Waals surface area contributed by atoms with Gasteiger partial charge in [0.15, 0.2) is 0 Å². The standard InChI is InChI=1S/C22H30N4O6S2/c1-6-25(7-2)34(31,32)20-14-10-18(11-15-20)23-21(27)16-26(33(5,29)30)19-12-8-17(9-13-19)22(28)24(3)4/h8-15H,6-7,16H2,1-5H3,(H,23,27). The van der Waals surface area contributed by atoms with Gasteiger partial charge in [-0.3, -0.25) is 13.9 Å². The van der Waals surface area contributed by atoms with Crippen LogP contribution in [0, 0.1) is 0 Å². The molecule has 0 radical (unpaired) electrons. The maximum atomic E-state index is 12.6. The number of nitrogens with zero attached hydrogens (tertiary/aromatic N) is 3. The predicted octanol–water partition coefficient (Wildman–Crippen LogP) is 1.82. The molecule has 2 aromatic carbocycles. The smallest absolute Gasteiger partial charge is 0.253 e. The number of sulfonamides is 2. The molecule has 0 fully saturated rings. The van der Waals surface area contributed by atoms with E-state index in [0.717, 1.165) is 10.6 Å². The normalized spacial score (nSPS) is 11.8. The highest BCUT2D eigenvalue weighted by Crippen LogP contribution is 2.21. The van der Waals surface area contributed by atoms with Crippen LogP contribution >= 0.6 is 0 Å². The van der Waals surface area contributed by atoms with Crippen molar-refractivity contribution in [2.24, 2.45) is 0 Å². The average molecular weight is 511 g/mol. The highest BCUT2D eigenvalue weighted by molar-refractivity contribution is 7.92. The van der Waals surface area contributed by atoms with Gasteiger partial charge in [0.05, 0.1) is 16.8 Å². The maximum Gasteiger partial charge on any atom is 0.253 e. The molecule has 0 saturated heterocycles. The summed E-state index contributed by atoms with van der Waals surface area (Å²) in [6, 6.07) is 11.6. The minimum absolute atomic E-state index is 0.0966. The average Bonchev–Trinajstić information content (AvgIpc) is 2.77. The van der Waals surface area contributed by atoms with Gasteiger partial charge in [-0.05, 0) is 48.5 Å². The molecule has 2 aromatic rings. The monoisotopic (exact) mass is 510 g/mol. The van der Waals surface area contributed by atoms with Crippen LogP contribution in [0.2, 0.25) is 0 Å². The molecule has 10 nitrogen and oxygen atoms in total. The topological polar surface area (TPSA) is 124 Å². The van der Waals surface area contributed by atoms with Crippen LogP contribution in [0.5, 0.6) is 0 Å². The summed E-state index contributed by atoms with van der Waals surface area (Å²) < 4.78 is 52.1. The Kier molecular flexibility index (Phi) is 8.81. The van der Waals surface area contributed by atoms with E-state index in [4.69, 9.17) is 0 Å². The van der Waals surface area contributed by atoms with Crippen molar-refractivity contribution < 1.29 is 26.4 Å². The van der Waals surface area contributed by atoms with Crippen molar-refractivity contribution in [3.05, 3.63) is 54.1 Å². The van der Waals surface area contributed by atoms with E-state index in [1.54, 1.807) is 27.9 Å². The van der Waals surface area contributed by atoms with Crippen molar-refractivity contribution in [3.8, 4) is 0 Å². The van der Waals surface area contributed by atoms with Crippen LogP contribution < -0.4 is 9.62 Å². The fourth-order valence-electron chi connectivity index (χ4n) is 3.18. The van der Waals surface area contributed by atoms with E-state index >= 15 is 0 Å². The third-order valence-corrected chi connectivity index (χ3v) is 8.18. The lowest BCUT2D eigenvalue weighted by Crippen LogP contribution is -2.37. The largest absolute Gasteiger partial charge is 0.345 e. The van der Waals surface area contributed by atoms with Crippen molar-refractivity contribution in [2.75, 3.05) is 49.6 Å². The number of anilines is 2. The molecule has 0 aromatic heterocycles. The number of rotatable bonds is 10. The second kappa shape index (κ2) is 11.0. The summed E-state index contributed by atoms with van der Waals surface area (Å²) in [5, 5.41) is 2.58. The van der Waals surface area contributed by atoms with Gasteiger partial charge in [0.2, 0.25) is 26.0 Å². The van der Waals surface area contributed by atoms with E-state index in [0.29, 0.717) is 24.3 Å². The van der Waals surface area contributed by atoms with Crippen molar-refractivity contribution >= 4 is 43.2 Å². The molecular weight excluding hydrogens is 480 g/mol. The molecule has 0 aliphatic heterocycles. The SMILES string of the molecule is CCN(CC)S(=O)(=O)c1ccc(NC(=O)CN(c2ccc(C(=O)N(C)C)cc2)S(C)(=O)=O)cc1. The van der Waals surface area contributed by atoms with Crippen LogP contribution in [0.3, 0.4) is 0 Å². The molecule has 186 valence electrons. The summed E-state index contributed by atoms with van der Waals surface area (Å²) >= 11 is 0. The van der Waals surface area contributed by atoms with Crippen LogP contribution in [0.4, 0.5) is 11.4 Å². The van der Waals surface area contributed by atoms with Crippen molar-refractivity contribution in [1.82, 2.24) is 9.21 Å². The molecule has 0 bridgehead atoms. The quantitative estimate of drug-likeness (QED) is 0.520. The van der Waals surface area contributed by atoms with E-state index in [-0.39, 0.29) is 16.5 Å². The first-order valence-corrected chi connectivity index (χ1v) is 13.8. The fourth-order valence-corrected chi connectivity index (χ4v) is 5.50. The third-order valence-electron chi connectivity index (χ3n) is 4.98. The van der Waals surface area contributed by atoms with Gasteiger partial charge in [0.25, 0.3) is 5.91 Å². The van der Waals surface area contributed by atoms with Gasteiger partial charge in [-0.2, -0.15) is 4.31 Å². The Morgan fingerprint density at radius 1 is 0.853 bits per heavy atom. The zero-order chi connectivity index (χ0) is 25.7. The molecule has 1 N–H and O–H groups in total. The second-order valence-electron chi connectivity index (χ2n) is 7.68. The summed E-state index contributed by atoms with van der Waals surface area (Å²) in [4.78, 5) is 26.1. The van der Waals surface area contributed by atoms with E-state index in [9.17, 15) is 26.4 Å². The number of benzene rings is 2. The minimum Gasteiger partial charge on any atom is -0.345 e. The van der Waals surface area contributed by atoms with Gasteiger partial charge >= 0.3 is 0 Å². The molecule has 2 rings (SSSR count). The molecule has 2 amide bonds. The Hall–Kier alpha value is -2.96. The fraction of sp³-hybridized carbons (Fsp3) is 0.364. The highest BCUT2D eigenvalue weighted by Gasteiger charge is 2.23. The van der Waals surface area contributed by atoms with E-state index < -0.39 is 32.5 Å². The summed E-state index contributed by atoms with van der Waals surface area (Å²) in [7, 11) is -4.22. The highest BCUT2D eigenvalue weighted by atomic mass is 32.2. The minimum atomic E-state index is -3.80. The molecule has 34 heavy (non-hydrogen) atoms. The van der Waals surface area contributed by atoms with Gasteiger partial charge in [0.1, 0.15) is 6.54 Å². The van der Waals surface area contributed by atoms with Gasteiger partial charge in [0, 0.05) is 38.4 Å². The molecule has 0 heterocycles. The Balaban J connectivity index is 2.18. The van der Waals surface area contributed by atoms with Gasteiger partial charge in [-0.1, -0.05) is 13.8 Å². The number of carbonyl (C=O) groups excluding carboxylic acids is 2. The van der Waals surface area contributed by atoms with Crippen LogP contribution in [0.1, 0.15) is 24.2 Å². The number of amides is 2. The maximum absolute atomic E-state index is 12.6. The Labute approximate surface area is 201 Å². The molecule has 0 atom stereocenters. The molecule has 12 heteroatoms. The Bertz CT molecular complexity index is 1220. The van der Waals surface area contributed by atoms with E-state index in [2.05, 4.69) is 5.32 Å². The predicted molar refractivity (Wildman–Crippen MR) is 132 cm³/mol. The molecule has 0 spiro atoms. The third kappa shape index (κ3) is 6.55. The summed E-state index contributed by atoms with van der Waals surface area (Å²) in [5.74, 6) is -0.847. The number of hydrogen-bond donors (Lipinski definition) is 1. The Morgan fingerprint density at radius 3 is 1.82 bits per heavy atom. The summed E-state index contributed by atoms with van der Waals surface area (Å²) in [6.07, 6.45) is 0.978. The first-order valence-electron chi connectivity index (χ1n) is 10.5. The van der Waals surface area contributed by atoms with Crippen molar-refractivity contribution in [3.63, 3.8) is 0 Å². The zero-order valence-corrected chi connectivity index (χ0v) is 21.5. The lowest BCUT2D eigenvalue weighted by molar-refractivity contribution is -0.114. The van der Waals surface area contributed by atoms with Gasteiger partial charge < -0.3 is 10.2 Å². The first kappa shape index (κ1) is 27.3. The molecular formula is C22H30N4O6S2.